The molecule has 0 unspecified atom stereocenters. The highest BCUT2D eigenvalue weighted by Gasteiger charge is 2.10. The Bertz CT molecular complexity index is 1160. The molecule has 0 aliphatic heterocycles. The quantitative estimate of drug-likeness (QED) is 0.555. The summed E-state index contributed by atoms with van der Waals surface area (Å²) in [7, 11) is 0. The van der Waals surface area contributed by atoms with Gasteiger partial charge in [-0.1, -0.05) is 12.1 Å². The molecule has 2 heterocycles. The molecule has 0 spiro atoms. The predicted molar refractivity (Wildman–Crippen MR) is 101 cm³/mol. The summed E-state index contributed by atoms with van der Waals surface area (Å²) < 4.78 is 26.3. The summed E-state index contributed by atoms with van der Waals surface area (Å²) in [5.41, 5.74) is 3.50. The minimum atomic E-state index is -0.923. The number of anilines is 1. The molecule has 0 aliphatic rings. The largest absolute Gasteiger partial charge is 0.359 e. The van der Waals surface area contributed by atoms with Crippen molar-refractivity contribution >= 4 is 22.6 Å². The minimum absolute atomic E-state index is 0.163. The summed E-state index contributed by atoms with van der Waals surface area (Å²) in [6, 6.07) is 11.5. The first-order chi connectivity index (χ1) is 13.5. The van der Waals surface area contributed by atoms with Gasteiger partial charge in [0.2, 0.25) is 5.91 Å². The number of amides is 1. The van der Waals surface area contributed by atoms with Crippen LogP contribution in [0.2, 0.25) is 0 Å². The summed E-state index contributed by atoms with van der Waals surface area (Å²) in [5.74, 6) is -1.75. The Morgan fingerprint density at radius 1 is 1.11 bits per heavy atom. The molecule has 142 valence electrons. The Labute approximate surface area is 159 Å². The van der Waals surface area contributed by atoms with Crippen LogP contribution in [0.25, 0.3) is 10.9 Å². The number of nitrogens with one attached hydrogen (secondary N) is 2. The van der Waals surface area contributed by atoms with Gasteiger partial charge < -0.3 is 10.3 Å². The van der Waals surface area contributed by atoms with Gasteiger partial charge in [-0.25, -0.2) is 8.78 Å². The summed E-state index contributed by atoms with van der Waals surface area (Å²) in [6.45, 7) is 2.15. The zero-order valence-corrected chi connectivity index (χ0v) is 15.0. The molecule has 0 bridgehead atoms. The van der Waals surface area contributed by atoms with Crippen molar-refractivity contribution in [3.63, 3.8) is 0 Å². The van der Waals surface area contributed by atoms with Gasteiger partial charge in [0.15, 0.2) is 17.5 Å². The van der Waals surface area contributed by atoms with Crippen molar-refractivity contribution < 1.29 is 13.6 Å². The third-order valence-corrected chi connectivity index (χ3v) is 4.30. The lowest BCUT2D eigenvalue weighted by molar-refractivity contribution is -0.115. The van der Waals surface area contributed by atoms with E-state index in [9.17, 15) is 13.6 Å². The van der Waals surface area contributed by atoms with Gasteiger partial charge in [0, 0.05) is 11.2 Å². The number of fused-ring (bicyclic) bond motifs is 1. The maximum Gasteiger partial charge on any atom is 0.230 e. The second-order valence-corrected chi connectivity index (χ2v) is 6.61. The smallest absolute Gasteiger partial charge is 0.230 e. The Hall–Kier alpha value is -3.55. The monoisotopic (exact) mass is 381 g/mol. The van der Waals surface area contributed by atoms with Crippen molar-refractivity contribution in [1.82, 2.24) is 20.0 Å². The van der Waals surface area contributed by atoms with Gasteiger partial charge in [-0.15, -0.1) is 5.10 Å². The molecule has 0 saturated carbocycles. The van der Waals surface area contributed by atoms with Crippen molar-refractivity contribution in [3.8, 4) is 0 Å². The summed E-state index contributed by atoms with van der Waals surface area (Å²) in [6.07, 6.45) is 1.62. The molecule has 8 heteroatoms. The molecule has 4 aromatic rings. The zero-order valence-electron chi connectivity index (χ0n) is 15.0. The molecule has 0 radical (unpaired) electrons. The summed E-state index contributed by atoms with van der Waals surface area (Å²) >= 11 is 0. The number of carbonyl (C=O) groups excluding carboxylic acids is 1. The normalized spacial score (nSPS) is 11.1. The third kappa shape index (κ3) is 3.90. The van der Waals surface area contributed by atoms with Crippen molar-refractivity contribution in [2.24, 2.45) is 0 Å². The molecule has 4 rings (SSSR count). The number of hydrogen-bond acceptors (Lipinski definition) is 3. The fourth-order valence-corrected chi connectivity index (χ4v) is 3.04. The van der Waals surface area contributed by atoms with E-state index in [4.69, 9.17) is 0 Å². The number of rotatable bonds is 5. The van der Waals surface area contributed by atoms with Crippen molar-refractivity contribution in [1.29, 1.82) is 0 Å². The van der Waals surface area contributed by atoms with Gasteiger partial charge in [0.1, 0.15) is 0 Å². The molecule has 6 nitrogen and oxygen atoms in total. The maximum absolute atomic E-state index is 13.3. The van der Waals surface area contributed by atoms with E-state index < -0.39 is 11.6 Å². The lowest BCUT2D eigenvalue weighted by Crippen LogP contribution is -2.15. The van der Waals surface area contributed by atoms with Gasteiger partial charge >= 0.3 is 0 Å². The second-order valence-electron chi connectivity index (χ2n) is 6.61. The number of hydrogen-bond donors (Lipinski definition) is 2. The van der Waals surface area contributed by atoms with Crippen molar-refractivity contribution in [2.75, 3.05) is 5.32 Å². The highest BCUT2D eigenvalue weighted by atomic mass is 19.2. The van der Waals surface area contributed by atoms with E-state index in [0.29, 0.717) is 11.4 Å². The van der Waals surface area contributed by atoms with E-state index in [1.165, 1.54) is 17.1 Å². The molecule has 0 aliphatic carbocycles. The van der Waals surface area contributed by atoms with E-state index in [1.54, 1.807) is 0 Å². The van der Waals surface area contributed by atoms with Crippen LogP contribution in [0.1, 0.15) is 16.8 Å². The van der Waals surface area contributed by atoms with Gasteiger partial charge in [0.25, 0.3) is 0 Å². The molecule has 28 heavy (non-hydrogen) atoms. The first-order valence-corrected chi connectivity index (χ1v) is 8.68. The van der Waals surface area contributed by atoms with E-state index >= 15 is 0 Å². The Morgan fingerprint density at radius 2 is 1.93 bits per heavy atom. The highest BCUT2D eigenvalue weighted by molar-refractivity contribution is 5.92. The summed E-state index contributed by atoms with van der Waals surface area (Å²) in [4.78, 5) is 16.8. The Morgan fingerprint density at radius 3 is 2.75 bits per heavy atom. The number of halogens is 2. The maximum atomic E-state index is 13.3. The SMILES string of the molecule is Cc1cc2cc(CC(=O)Nc3cnn(Cc4ccc(F)c(F)c4)n3)ccc2[nH]1. The van der Waals surface area contributed by atoms with Crippen LogP contribution < -0.4 is 5.32 Å². The minimum Gasteiger partial charge on any atom is -0.359 e. The third-order valence-electron chi connectivity index (χ3n) is 4.30. The predicted octanol–water partition coefficient (Wildman–Crippen LogP) is 3.58. The van der Waals surface area contributed by atoms with E-state index in [0.717, 1.165) is 34.3 Å². The topological polar surface area (TPSA) is 75.6 Å². The van der Waals surface area contributed by atoms with Crippen LogP contribution in [0.4, 0.5) is 14.6 Å². The van der Waals surface area contributed by atoms with Crippen molar-refractivity contribution in [2.45, 2.75) is 19.9 Å². The summed E-state index contributed by atoms with van der Waals surface area (Å²) in [5, 5.41) is 11.9. The molecule has 2 N–H and O–H groups in total. The molecule has 0 fully saturated rings. The molecular formula is C20H17F2N5O. The van der Waals surface area contributed by atoms with E-state index in [1.807, 2.05) is 31.2 Å². The number of aromatic amines is 1. The van der Waals surface area contributed by atoms with Crippen LogP contribution in [-0.4, -0.2) is 25.9 Å². The number of aromatic nitrogens is 4. The number of aryl methyl sites for hydroxylation is 1. The van der Waals surface area contributed by atoms with Crippen LogP contribution in [-0.2, 0) is 17.8 Å². The molecule has 0 saturated heterocycles. The van der Waals surface area contributed by atoms with Crippen LogP contribution >= 0.6 is 0 Å². The molecular weight excluding hydrogens is 364 g/mol. The van der Waals surface area contributed by atoms with Crippen LogP contribution in [0, 0.1) is 18.6 Å². The fraction of sp³-hybridized carbons (Fsp3) is 0.150. The van der Waals surface area contributed by atoms with E-state index in [2.05, 4.69) is 20.5 Å². The highest BCUT2D eigenvalue weighted by Crippen LogP contribution is 2.17. The molecule has 2 aromatic heterocycles. The van der Waals surface area contributed by atoms with Crippen LogP contribution in [0.5, 0.6) is 0 Å². The van der Waals surface area contributed by atoms with Gasteiger partial charge in [0.05, 0.1) is 19.2 Å². The average Bonchev–Trinajstić information content (AvgIpc) is 3.23. The van der Waals surface area contributed by atoms with Crippen LogP contribution in [0.15, 0.2) is 48.7 Å². The second kappa shape index (κ2) is 7.22. The van der Waals surface area contributed by atoms with Crippen LogP contribution in [0.3, 0.4) is 0 Å². The standard InChI is InChI=1S/C20H17F2N5O/c1-12-6-15-7-13(3-5-18(15)24-12)9-20(28)25-19-10-23-27(26-19)11-14-2-4-16(21)17(22)8-14/h2-8,10,24H,9,11H2,1H3,(H,25,26,28). The number of benzene rings is 2. The van der Waals surface area contributed by atoms with E-state index in [-0.39, 0.29) is 18.9 Å². The zero-order chi connectivity index (χ0) is 19.7. The number of nitrogens with zero attached hydrogens (tertiary/aromatic N) is 3. The number of carbonyl (C=O) groups is 1. The first kappa shape index (κ1) is 17.8. The Kier molecular flexibility index (Phi) is 4.60. The van der Waals surface area contributed by atoms with Gasteiger partial charge in [-0.3, -0.25) is 4.79 Å². The lowest BCUT2D eigenvalue weighted by atomic mass is 10.1. The average molecular weight is 381 g/mol. The van der Waals surface area contributed by atoms with Crippen molar-refractivity contribution in [3.05, 3.63) is 77.1 Å². The molecule has 2 aromatic carbocycles. The fourth-order valence-electron chi connectivity index (χ4n) is 3.04. The first-order valence-electron chi connectivity index (χ1n) is 8.68. The molecule has 1 amide bonds. The van der Waals surface area contributed by atoms with Gasteiger partial charge in [-0.2, -0.15) is 9.90 Å². The molecule has 0 atom stereocenters. The lowest BCUT2D eigenvalue weighted by Gasteiger charge is -2.03. The van der Waals surface area contributed by atoms with Gasteiger partial charge in [-0.05, 0) is 53.8 Å². The Balaban J connectivity index is 1.39. The number of H-pyrrole nitrogens is 1.